The summed E-state index contributed by atoms with van der Waals surface area (Å²) in [5, 5.41) is 12.4. The Balaban J connectivity index is 2.02. The molecule has 0 aliphatic carbocycles. The minimum absolute atomic E-state index is 0.466. The largest absolute Gasteiger partial charge is 0.481 e. The van der Waals surface area contributed by atoms with Crippen molar-refractivity contribution in [1.82, 2.24) is 0 Å². The van der Waals surface area contributed by atoms with Crippen molar-refractivity contribution < 1.29 is 9.90 Å². The van der Waals surface area contributed by atoms with Crippen LogP contribution in [0.25, 0.3) is 0 Å². The average Bonchev–Trinajstić information content (AvgIpc) is 2.46. The lowest BCUT2D eigenvalue weighted by Crippen LogP contribution is -2.07. The first-order valence-electron chi connectivity index (χ1n) is 7.10. The first-order valence-corrected chi connectivity index (χ1v) is 7.10. The van der Waals surface area contributed by atoms with E-state index < -0.39 is 11.9 Å². The second-order valence-electron chi connectivity index (χ2n) is 5.47. The Kier molecular flexibility index (Phi) is 4.63. The van der Waals surface area contributed by atoms with Crippen molar-refractivity contribution in [2.45, 2.75) is 33.2 Å². The van der Waals surface area contributed by atoms with Crippen LogP contribution >= 0.6 is 0 Å². The molecule has 1 atom stereocenters. The fourth-order valence-corrected chi connectivity index (χ4v) is 2.28. The van der Waals surface area contributed by atoms with Crippen LogP contribution in [0.3, 0.4) is 0 Å². The second-order valence-corrected chi connectivity index (χ2v) is 5.47. The molecule has 2 aromatic rings. The third kappa shape index (κ3) is 3.85. The molecule has 1 unspecified atom stereocenters. The van der Waals surface area contributed by atoms with E-state index in [9.17, 15) is 4.79 Å². The Morgan fingerprint density at radius 1 is 1.14 bits per heavy atom. The van der Waals surface area contributed by atoms with Gasteiger partial charge in [0.15, 0.2) is 0 Å². The van der Waals surface area contributed by atoms with Gasteiger partial charge in [0.2, 0.25) is 0 Å². The van der Waals surface area contributed by atoms with Gasteiger partial charge in [-0.2, -0.15) is 0 Å². The molecule has 0 aliphatic heterocycles. The van der Waals surface area contributed by atoms with E-state index >= 15 is 0 Å². The van der Waals surface area contributed by atoms with Crippen LogP contribution in [0.1, 0.15) is 35.1 Å². The summed E-state index contributed by atoms with van der Waals surface area (Å²) < 4.78 is 0. The smallest absolute Gasteiger partial charge is 0.310 e. The molecule has 0 spiro atoms. The summed E-state index contributed by atoms with van der Waals surface area (Å²) in [5.41, 5.74) is 5.58. The number of hydrogen-bond acceptors (Lipinski definition) is 2. The predicted octanol–water partition coefficient (Wildman–Crippen LogP) is 4.10. The van der Waals surface area contributed by atoms with E-state index in [0.29, 0.717) is 0 Å². The lowest BCUT2D eigenvalue weighted by molar-refractivity contribution is -0.138. The zero-order chi connectivity index (χ0) is 15.4. The van der Waals surface area contributed by atoms with E-state index in [1.54, 1.807) is 6.92 Å². The minimum atomic E-state index is -0.795. The summed E-state index contributed by atoms with van der Waals surface area (Å²) in [6.45, 7) is 6.60. The molecule has 0 aromatic heterocycles. The maximum atomic E-state index is 10.9. The summed E-state index contributed by atoms with van der Waals surface area (Å²) in [5.74, 6) is -1.26. The fraction of sp³-hybridized carbons (Fsp3) is 0.278. The molecule has 0 saturated carbocycles. The maximum Gasteiger partial charge on any atom is 0.310 e. The summed E-state index contributed by atoms with van der Waals surface area (Å²) >= 11 is 0. The molecule has 0 heterocycles. The van der Waals surface area contributed by atoms with Crippen LogP contribution in [0.2, 0.25) is 0 Å². The Morgan fingerprint density at radius 2 is 1.81 bits per heavy atom. The van der Waals surface area contributed by atoms with Crippen LogP contribution in [0.15, 0.2) is 42.5 Å². The zero-order valence-corrected chi connectivity index (χ0v) is 12.7. The normalized spacial score (nSPS) is 12.0. The van der Waals surface area contributed by atoms with Gasteiger partial charge in [0.05, 0.1) is 5.92 Å². The fourth-order valence-electron chi connectivity index (χ4n) is 2.28. The van der Waals surface area contributed by atoms with Crippen LogP contribution in [-0.2, 0) is 11.3 Å². The predicted molar refractivity (Wildman–Crippen MR) is 85.7 cm³/mol. The number of anilines is 1. The lowest BCUT2D eigenvalue weighted by Gasteiger charge is -2.11. The van der Waals surface area contributed by atoms with Gasteiger partial charge in [-0.1, -0.05) is 42.0 Å². The molecular weight excluding hydrogens is 262 g/mol. The SMILES string of the molecule is Cc1ccc(NCc2ccc(C(C)C(=O)O)cc2)c(C)c1. The van der Waals surface area contributed by atoms with E-state index in [1.165, 1.54) is 11.1 Å². The molecule has 2 aromatic carbocycles. The molecule has 2 rings (SSSR count). The third-order valence-electron chi connectivity index (χ3n) is 3.72. The number of aryl methyl sites for hydroxylation is 2. The van der Waals surface area contributed by atoms with E-state index in [1.807, 2.05) is 24.3 Å². The number of nitrogens with one attached hydrogen (secondary N) is 1. The molecule has 0 radical (unpaired) electrons. The summed E-state index contributed by atoms with van der Waals surface area (Å²) in [6.07, 6.45) is 0. The number of carbonyl (C=O) groups is 1. The van der Waals surface area contributed by atoms with Gasteiger partial charge in [-0.3, -0.25) is 4.79 Å². The van der Waals surface area contributed by atoms with Gasteiger partial charge >= 0.3 is 5.97 Å². The van der Waals surface area contributed by atoms with Crippen molar-refractivity contribution in [3.8, 4) is 0 Å². The average molecular weight is 283 g/mol. The number of carboxylic acids is 1. The van der Waals surface area contributed by atoms with Crippen LogP contribution in [0.4, 0.5) is 5.69 Å². The highest BCUT2D eigenvalue weighted by atomic mass is 16.4. The van der Waals surface area contributed by atoms with E-state index in [-0.39, 0.29) is 0 Å². The van der Waals surface area contributed by atoms with Crippen molar-refractivity contribution in [3.63, 3.8) is 0 Å². The molecule has 0 amide bonds. The van der Waals surface area contributed by atoms with Gasteiger partial charge in [0.1, 0.15) is 0 Å². The number of rotatable bonds is 5. The van der Waals surface area contributed by atoms with Crippen LogP contribution < -0.4 is 5.32 Å². The van der Waals surface area contributed by atoms with Crippen LogP contribution in [-0.4, -0.2) is 11.1 Å². The van der Waals surface area contributed by atoms with Gasteiger partial charge < -0.3 is 10.4 Å². The van der Waals surface area contributed by atoms with Crippen molar-refractivity contribution in [2.75, 3.05) is 5.32 Å². The van der Waals surface area contributed by atoms with E-state index in [4.69, 9.17) is 5.11 Å². The van der Waals surface area contributed by atoms with Gasteiger partial charge in [-0.15, -0.1) is 0 Å². The zero-order valence-electron chi connectivity index (χ0n) is 12.7. The first-order chi connectivity index (χ1) is 9.97. The monoisotopic (exact) mass is 283 g/mol. The molecule has 3 nitrogen and oxygen atoms in total. The molecular formula is C18H21NO2. The molecule has 3 heteroatoms. The number of hydrogen-bond donors (Lipinski definition) is 2. The Labute approximate surface area is 125 Å². The summed E-state index contributed by atoms with van der Waals surface area (Å²) in [6, 6.07) is 14.1. The standard InChI is InChI=1S/C18H21NO2/c1-12-4-9-17(13(2)10-12)19-11-15-5-7-16(8-6-15)14(3)18(20)21/h4-10,14,19H,11H2,1-3H3,(H,20,21). The molecule has 0 aliphatic rings. The molecule has 0 bridgehead atoms. The van der Waals surface area contributed by atoms with Crippen molar-refractivity contribution in [1.29, 1.82) is 0 Å². The number of benzene rings is 2. The van der Waals surface area contributed by atoms with Gasteiger partial charge in [0, 0.05) is 12.2 Å². The Hall–Kier alpha value is -2.29. The van der Waals surface area contributed by atoms with E-state index in [0.717, 1.165) is 23.4 Å². The minimum Gasteiger partial charge on any atom is -0.481 e. The Bertz CT molecular complexity index is 632. The molecule has 0 saturated heterocycles. The van der Waals surface area contributed by atoms with Gasteiger partial charge in [-0.25, -0.2) is 0 Å². The number of aliphatic carboxylic acids is 1. The summed E-state index contributed by atoms with van der Waals surface area (Å²) in [7, 11) is 0. The van der Waals surface area contributed by atoms with Gasteiger partial charge in [0.25, 0.3) is 0 Å². The topological polar surface area (TPSA) is 49.3 Å². The third-order valence-corrected chi connectivity index (χ3v) is 3.72. The Morgan fingerprint density at radius 3 is 2.38 bits per heavy atom. The molecule has 0 fully saturated rings. The summed E-state index contributed by atoms with van der Waals surface area (Å²) in [4.78, 5) is 10.9. The first kappa shape index (κ1) is 15.1. The van der Waals surface area contributed by atoms with Crippen molar-refractivity contribution in [2.24, 2.45) is 0 Å². The van der Waals surface area contributed by atoms with Crippen molar-refractivity contribution in [3.05, 3.63) is 64.7 Å². The van der Waals surface area contributed by atoms with Gasteiger partial charge in [-0.05, 0) is 43.5 Å². The molecule has 2 N–H and O–H groups in total. The van der Waals surface area contributed by atoms with E-state index in [2.05, 4.69) is 37.4 Å². The van der Waals surface area contributed by atoms with Crippen LogP contribution in [0, 0.1) is 13.8 Å². The van der Waals surface area contributed by atoms with Crippen molar-refractivity contribution >= 4 is 11.7 Å². The number of carboxylic acid groups (broad SMARTS) is 1. The highest BCUT2D eigenvalue weighted by Gasteiger charge is 2.12. The quantitative estimate of drug-likeness (QED) is 0.868. The highest BCUT2D eigenvalue weighted by Crippen LogP contribution is 2.19. The second kappa shape index (κ2) is 6.44. The molecule has 110 valence electrons. The maximum absolute atomic E-state index is 10.9. The van der Waals surface area contributed by atoms with Crippen LogP contribution in [0.5, 0.6) is 0 Å². The highest BCUT2D eigenvalue weighted by molar-refractivity contribution is 5.75. The molecule has 21 heavy (non-hydrogen) atoms. The lowest BCUT2D eigenvalue weighted by atomic mass is 10.00.